The number of para-hydroxylation sites is 1. The van der Waals surface area contributed by atoms with Gasteiger partial charge in [0.1, 0.15) is 0 Å². The van der Waals surface area contributed by atoms with Crippen LogP contribution in [0.15, 0.2) is 24.3 Å². The Morgan fingerprint density at radius 3 is 3.05 bits per heavy atom. The number of amides is 1. The number of carbonyl (C=O) groups excluding carboxylic acids is 1. The largest absolute Gasteiger partial charge is 0.380 e. The lowest BCUT2D eigenvalue weighted by atomic mass is 9.94. The Hall–Kier alpha value is -1.39. The quantitative estimate of drug-likeness (QED) is 0.839. The zero-order valence-electron chi connectivity index (χ0n) is 12.2. The number of ether oxygens (including phenoxy) is 1. The summed E-state index contributed by atoms with van der Waals surface area (Å²) in [6.07, 6.45) is 4.02. The third-order valence-electron chi connectivity index (χ3n) is 3.77. The first-order chi connectivity index (χ1) is 9.79. The SMILES string of the molecule is COCc1ccccc1NC(=O)CCC1CCCNC1. The Morgan fingerprint density at radius 2 is 2.30 bits per heavy atom. The summed E-state index contributed by atoms with van der Waals surface area (Å²) in [7, 11) is 1.66. The van der Waals surface area contributed by atoms with Crippen LogP contribution in [0.2, 0.25) is 0 Å². The number of rotatable bonds is 6. The maximum absolute atomic E-state index is 12.0. The Labute approximate surface area is 120 Å². The summed E-state index contributed by atoms with van der Waals surface area (Å²) in [5.74, 6) is 0.739. The van der Waals surface area contributed by atoms with Crippen molar-refractivity contribution in [2.75, 3.05) is 25.5 Å². The van der Waals surface area contributed by atoms with Crippen molar-refractivity contribution < 1.29 is 9.53 Å². The fraction of sp³-hybridized carbons (Fsp3) is 0.562. The van der Waals surface area contributed by atoms with Crippen molar-refractivity contribution in [1.29, 1.82) is 0 Å². The highest BCUT2D eigenvalue weighted by Gasteiger charge is 2.14. The number of methoxy groups -OCH3 is 1. The molecule has 2 rings (SSSR count). The molecule has 4 heteroatoms. The Bertz CT molecular complexity index is 428. The van der Waals surface area contributed by atoms with Crippen LogP contribution < -0.4 is 10.6 Å². The fourth-order valence-electron chi connectivity index (χ4n) is 2.64. The van der Waals surface area contributed by atoms with E-state index in [1.54, 1.807) is 7.11 Å². The molecule has 1 aliphatic rings. The number of anilines is 1. The van der Waals surface area contributed by atoms with Crippen LogP contribution in [-0.4, -0.2) is 26.1 Å². The molecule has 110 valence electrons. The normalized spacial score (nSPS) is 18.8. The predicted octanol–water partition coefficient (Wildman–Crippen LogP) is 2.55. The summed E-state index contributed by atoms with van der Waals surface area (Å²) in [6.45, 7) is 2.68. The number of hydrogen-bond donors (Lipinski definition) is 2. The number of carbonyl (C=O) groups is 1. The molecule has 0 radical (unpaired) electrons. The lowest BCUT2D eigenvalue weighted by molar-refractivity contribution is -0.116. The van der Waals surface area contributed by atoms with Crippen LogP contribution in [0.25, 0.3) is 0 Å². The second-order valence-electron chi connectivity index (χ2n) is 5.39. The highest BCUT2D eigenvalue weighted by atomic mass is 16.5. The lowest BCUT2D eigenvalue weighted by Gasteiger charge is -2.22. The first kappa shape index (κ1) is 15.0. The van der Waals surface area contributed by atoms with Gasteiger partial charge in [0.2, 0.25) is 5.91 Å². The summed E-state index contributed by atoms with van der Waals surface area (Å²) in [5, 5.41) is 6.38. The van der Waals surface area contributed by atoms with Crippen LogP contribution >= 0.6 is 0 Å². The molecule has 1 fully saturated rings. The average Bonchev–Trinajstić information content (AvgIpc) is 2.49. The third kappa shape index (κ3) is 4.62. The van der Waals surface area contributed by atoms with E-state index in [2.05, 4.69) is 10.6 Å². The molecular formula is C16H24N2O2. The number of benzene rings is 1. The highest BCUT2D eigenvalue weighted by Crippen LogP contribution is 2.19. The van der Waals surface area contributed by atoms with Crippen LogP contribution in [0.1, 0.15) is 31.2 Å². The standard InChI is InChI=1S/C16H24N2O2/c1-20-12-14-6-2-3-7-15(14)18-16(19)9-8-13-5-4-10-17-11-13/h2-3,6-7,13,17H,4-5,8-12H2,1H3,(H,18,19). The minimum Gasteiger partial charge on any atom is -0.380 e. The van der Waals surface area contributed by atoms with Crippen LogP contribution in [0.5, 0.6) is 0 Å². The lowest BCUT2D eigenvalue weighted by Crippen LogP contribution is -2.30. The van der Waals surface area contributed by atoms with Crippen LogP contribution in [0, 0.1) is 5.92 Å². The molecule has 2 N–H and O–H groups in total. The van der Waals surface area contributed by atoms with Gasteiger partial charge in [0.15, 0.2) is 0 Å². The van der Waals surface area contributed by atoms with Gasteiger partial charge < -0.3 is 15.4 Å². The first-order valence-corrected chi connectivity index (χ1v) is 7.37. The Balaban J connectivity index is 1.81. The van der Waals surface area contributed by atoms with E-state index in [9.17, 15) is 4.79 Å². The van der Waals surface area contributed by atoms with Crippen molar-refractivity contribution in [3.8, 4) is 0 Å². The van der Waals surface area contributed by atoms with Crippen molar-refractivity contribution in [1.82, 2.24) is 5.32 Å². The molecule has 1 aromatic carbocycles. The molecule has 0 aromatic heterocycles. The molecule has 1 amide bonds. The molecule has 1 saturated heterocycles. The second-order valence-corrected chi connectivity index (χ2v) is 5.39. The maximum atomic E-state index is 12.0. The average molecular weight is 276 g/mol. The van der Waals surface area contributed by atoms with Crippen LogP contribution in [0.3, 0.4) is 0 Å². The highest BCUT2D eigenvalue weighted by molar-refractivity contribution is 5.91. The molecule has 0 spiro atoms. The van der Waals surface area contributed by atoms with E-state index in [0.717, 1.165) is 30.8 Å². The zero-order chi connectivity index (χ0) is 14.2. The van der Waals surface area contributed by atoms with Gasteiger partial charge in [-0.1, -0.05) is 18.2 Å². The van der Waals surface area contributed by atoms with E-state index in [1.165, 1.54) is 12.8 Å². The molecule has 20 heavy (non-hydrogen) atoms. The van der Waals surface area contributed by atoms with Gasteiger partial charge in [-0.3, -0.25) is 4.79 Å². The van der Waals surface area contributed by atoms with Gasteiger partial charge in [0.05, 0.1) is 6.61 Å². The molecule has 1 aliphatic heterocycles. The fourth-order valence-corrected chi connectivity index (χ4v) is 2.64. The van der Waals surface area contributed by atoms with Crippen LogP contribution in [-0.2, 0) is 16.1 Å². The topological polar surface area (TPSA) is 50.4 Å². The maximum Gasteiger partial charge on any atom is 0.224 e. The zero-order valence-corrected chi connectivity index (χ0v) is 12.2. The molecule has 1 atom stereocenters. The van der Waals surface area contributed by atoms with Gasteiger partial charge in [-0.2, -0.15) is 0 Å². The minimum absolute atomic E-state index is 0.0964. The van der Waals surface area contributed by atoms with E-state index in [-0.39, 0.29) is 5.91 Å². The Morgan fingerprint density at radius 1 is 1.45 bits per heavy atom. The van der Waals surface area contributed by atoms with Crippen molar-refractivity contribution in [3.05, 3.63) is 29.8 Å². The minimum atomic E-state index is 0.0964. The van der Waals surface area contributed by atoms with Gasteiger partial charge in [0.25, 0.3) is 0 Å². The van der Waals surface area contributed by atoms with E-state index in [4.69, 9.17) is 4.74 Å². The number of hydrogen-bond acceptors (Lipinski definition) is 3. The van der Waals surface area contributed by atoms with Crippen molar-refractivity contribution >= 4 is 11.6 Å². The van der Waals surface area contributed by atoms with E-state index in [1.807, 2.05) is 24.3 Å². The van der Waals surface area contributed by atoms with Gasteiger partial charge >= 0.3 is 0 Å². The molecule has 1 unspecified atom stereocenters. The van der Waals surface area contributed by atoms with Gasteiger partial charge in [-0.15, -0.1) is 0 Å². The molecule has 0 saturated carbocycles. The number of nitrogens with one attached hydrogen (secondary N) is 2. The first-order valence-electron chi connectivity index (χ1n) is 7.37. The molecular weight excluding hydrogens is 252 g/mol. The summed E-state index contributed by atoms with van der Waals surface area (Å²) in [6, 6.07) is 7.79. The van der Waals surface area contributed by atoms with Gasteiger partial charge in [0, 0.05) is 24.8 Å². The summed E-state index contributed by atoms with van der Waals surface area (Å²) < 4.78 is 5.15. The molecule has 4 nitrogen and oxygen atoms in total. The van der Waals surface area contributed by atoms with Crippen LogP contribution in [0.4, 0.5) is 5.69 Å². The monoisotopic (exact) mass is 276 g/mol. The third-order valence-corrected chi connectivity index (χ3v) is 3.77. The molecule has 0 aliphatic carbocycles. The number of piperidine rings is 1. The Kier molecular flexibility index (Phi) is 6.02. The summed E-state index contributed by atoms with van der Waals surface area (Å²) in [4.78, 5) is 12.0. The van der Waals surface area contributed by atoms with E-state index >= 15 is 0 Å². The smallest absolute Gasteiger partial charge is 0.224 e. The molecule has 1 aromatic rings. The van der Waals surface area contributed by atoms with Gasteiger partial charge in [-0.25, -0.2) is 0 Å². The van der Waals surface area contributed by atoms with Gasteiger partial charge in [-0.05, 0) is 44.3 Å². The molecule has 0 bridgehead atoms. The predicted molar refractivity (Wildman–Crippen MR) is 80.6 cm³/mol. The van der Waals surface area contributed by atoms with Crippen molar-refractivity contribution in [3.63, 3.8) is 0 Å². The second kappa shape index (κ2) is 8.02. The van der Waals surface area contributed by atoms with E-state index in [0.29, 0.717) is 18.9 Å². The van der Waals surface area contributed by atoms with E-state index < -0.39 is 0 Å². The summed E-state index contributed by atoms with van der Waals surface area (Å²) >= 11 is 0. The summed E-state index contributed by atoms with van der Waals surface area (Å²) in [5.41, 5.74) is 1.88. The van der Waals surface area contributed by atoms with Crippen molar-refractivity contribution in [2.24, 2.45) is 5.92 Å². The molecule has 1 heterocycles. The van der Waals surface area contributed by atoms with Crippen molar-refractivity contribution in [2.45, 2.75) is 32.3 Å².